The molecular weight excluding hydrogens is 307 g/mol. The molecule has 1 saturated heterocycles. The second-order valence-corrected chi connectivity index (χ2v) is 6.77. The molecule has 1 aromatic carbocycles. The summed E-state index contributed by atoms with van der Waals surface area (Å²) in [6.45, 7) is 4.36. The summed E-state index contributed by atoms with van der Waals surface area (Å²) in [4.78, 5) is 14.6. The first-order chi connectivity index (χ1) is 9.97. The second kappa shape index (κ2) is 6.99. The van der Waals surface area contributed by atoms with Crippen molar-refractivity contribution in [2.75, 3.05) is 20.1 Å². The van der Waals surface area contributed by atoms with Crippen molar-refractivity contribution < 1.29 is 4.79 Å². The maximum Gasteiger partial charge on any atom is 0.230 e. The predicted molar refractivity (Wildman–Crippen MR) is 87.8 cm³/mol. The van der Waals surface area contributed by atoms with Crippen LogP contribution >= 0.6 is 23.2 Å². The Balaban J connectivity index is 2.11. The normalized spacial score (nSPS) is 21.5. The number of amides is 1. The minimum Gasteiger partial charge on any atom is -0.341 e. The molecule has 1 aliphatic heterocycles. The average molecular weight is 329 g/mol. The summed E-state index contributed by atoms with van der Waals surface area (Å²) in [7, 11) is 1.85. The number of hydrogen-bond acceptors (Lipinski definition) is 2. The fourth-order valence-electron chi connectivity index (χ4n) is 3.18. The van der Waals surface area contributed by atoms with Gasteiger partial charge >= 0.3 is 0 Å². The quantitative estimate of drug-likeness (QED) is 0.893. The van der Waals surface area contributed by atoms with Crippen molar-refractivity contribution in [1.29, 1.82) is 0 Å². The Labute approximate surface area is 136 Å². The molecule has 1 N–H and O–H groups in total. The maximum atomic E-state index is 12.9. The number of halogens is 2. The van der Waals surface area contributed by atoms with Crippen molar-refractivity contribution in [3.05, 3.63) is 33.8 Å². The van der Waals surface area contributed by atoms with E-state index in [9.17, 15) is 4.79 Å². The lowest BCUT2D eigenvalue weighted by atomic mass is 9.81. The lowest BCUT2D eigenvalue weighted by molar-refractivity contribution is -0.140. The third kappa shape index (κ3) is 3.91. The third-order valence-corrected chi connectivity index (χ3v) is 4.55. The summed E-state index contributed by atoms with van der Waals surface area (Å²) in [6, 6.07) is 5.42. The van der Waals surface area contributed by atoms with Gasteiger partial charge in [0.25, 0.3) is 0 Å². The van der Waals surface area contributed by atoms with E-state index in [1.807, 2.05) is 19.2 Å². The molecule has 2 rings (SSSR count). The number of carbonyl (C=O) groups is 1. The van der Waals surface area contributed by atoms with Crippen molar-refractivity contribution in [1.82, 2.24) is 10.2 Å². The smallest absolute Gasteiger partial charge is 0.230 e. The molecular formula is C16H22Cl2N2O. The van der Waals surface area contributed by atoms with Gasteiger partial charge in [0.15, 0.2) is 0 Å². The maximum absolute atomic E-state index is 12.9. The van der Waals surface area contributed by atoms with Crippen LogP contribution in [0.15, 0.2) is 18.2 Å². The van der Waals surface area contributed by atoms with Crippen LogP contribution in [0, 0.1) is 5.41 Å². The molecule has 116 valence electrons. The largest absolute Gasteiger partial charge is 0.341 e. The zero-order chi connectivity index (χ0) is 15.5. The van der Waals surface area contributed by atoms with Crippen LogP contribution in [0.4, 0.5) is 0 Å². The van der Waals surface area contributed by atoms with E-state index in [4.69, 9.17) is 23.2 Å². The SMILES string of the molecule is CCCC1(C(=O)N(C)Cc2cc(Cl)cc(Cl)c2)CCNC1. The first-order valence-electron chi connectivity index (χ1n) is 7.38. The van der Waals surface area contributed by atoms with Crippen LogP contribution < -0.4 is 5.32 Å². The lowest BCUT2D eigenvalue weighted by Gasteiger charge is -2.31. The van der Waals surface area contributed by atoms with E-state index in [0.717, 1.165) is 37.9 Å². The van der Waals surface area contributed by atoms with Crippen LogP contribution in [-0.2, 0) is 11.3 Å². The molecule has 1 heterocycles. The summed E-state index contributed by atoms with van der Waals surface area (Å²) >= 11 is 12.0. The number of carbonyl (C=O) groups excluding carboxylic acids is 1. The van der Waals surface area contributed by atoms with Crippen molar-refractivity contribution in [2.45, 2.75) is 32.7 Å². The summed E-state index contributed by atoms with van der Waals surface area (Å²) in [5.74, 6) is 0.213. The van der Waals surface area contributed by atoms with Gasteiger partial charge in [0.1, 0.15) is 0 Å². The van der Waals surface area contributed by atoms with E-state index < -0.39 is 0 Å². The van der Waals surface area contributed by atoms with Gasteiger partial charge in [0.2, 0.25) is 5.91 Å². The Hall–Kier alpha value is -0.770. The highest BCUT2D eigenvalue weighted by atomic mass is 35.5. The Morgan fingerprint density at radius 1 is 1.33 bits per heavy atom. The molecule has 1 amide bonds. The highest BCUT2D eigenvalue weighted by Crippen LogP contribution is 2.33. The van der Waals surface area contributed by atoms with Crippen LogP contribution in [-0.4, -0.2) is 30.9 Å². The van der Waals surface area contributed by atoms with Gasteiger partial charge in [-0.1, -0.05) is 36.5 Å². The molecule has 0 aromatic heterocycles. The van der Waals surface area contributed by atoms with Crippen LogP contribution in [0.25, 0.3) is 0 Å². The van der Waals surface area contributed by atoms with Crippen molar-refractivity contribution >= 4 is 29.1 Å². The molecule has 0 saturated carbocycles. The molecule has 1 aromatic rings. The molecule has 5 heteroatoms. The van der Waals surface area contributed by atoms with Gasteiger partial charge in [-0.15, -0.1) is 0 Å². The molecule has 1 aliphatic rings. The number of nitrogens with zero attached hydrogens (tertiary/aromatic N) is 1. The average Bonchev–Trinajstić information content (AvgIpc) is 2.86. The van der Waals surface area contributed by atoms with Gasteiger partial charge in [0, 0.05) is 30.2 Å². The Kier molecular flexibility index (Phi) is 5.53. The van der Waals surface area contributed by atoms with E-state index >= 15 is 0 Å². The lowest BCUT2D eigenvalue weighted by Crippen LogP contribution is -2.43. The van der Waals surface area contributed by atoms with E-state index in [2.05, 4.69) is 12.2 Å². The van der Waals surface area contributed by atoms with Gasteiger partial charge in [-0.2, -0.15) is 0 Å². The van der Waals surface area contributed by atoms with Gasteiger partial charge < -0.3 is 10.2 Å². The topological polar surface area (TPSA) is 32.3 Å². The summed E-state index contributed by atoms with van der Waals surface area (Å²) in [5.41, 5.74) is 0.715. The van der Waals surface area contributed by atoms with Crippen LogP contribution in [0.2, 0.25) is 10.0 Å². The zero-order valence-corrected chi connectivity index (χ0v) is 14.1. The van der Waals surface area contributed by atoms with Crippen molar-refractivity contribution in [3.63, 3.8) is 0 Å². The van der Waals surface area contributed by atoms with Gasteiger partial charge in [-0.25, -0.2) is 0 Å². The molecule has 0 aliphatic carbocycles. The van der Waals surface area contributed by atoms with E-state index in [1.165, 1.54) is 0 Å². The monoisotopic (exact) mass is 328 g/mol. The van der Waals surface area contributed by atoms with Gasteiger partial charge in [0.05, 0.1) is 5.41 Å². The Bertz CT molecular complexity index is 493. The van der Waals surface area contributed by atoms with E-state index in [0.29, 0.717) is 16.6 Å². The third-order valence-electron chi connectivity index (χ3n) is 4.11. The van der Waals surface area contributed by atoms with E-state index in [1.54, 1.807) is 11.0 Å². The van der Waals surface area contributed by atoms with Crippen LogP contribution in [0.1, 0.15) is 31.7 Å². The molecule has 0 spiro atoms. The minimum absolute atomic E-state index is 0.213. The standard InChI is InChI=1S/C16H22Cl2N2O/c1-3-4-16(5-6-19-11-16)15(21)20(2)10-12-7-13(17)9-14(18)8-12/h7-9,19H,3-6,10-11H2,1-2H3. The molecule has 1 fully saturated rings. The Morgan fingerprint density at radius 3 is 2.52 bits per heavy atom. The number of hydrogen-bond donors (Lipinski definition) is 1. The number of benzene rings is 1. The van der Waals surface area contributed by atoms with E-state index in [-0.39, 0.29) is 11.3 Å². The first kappa shape index (κ1) is 16.6. The number of rotatable bonds is 5. The van der Waals surface area contributed by atoms with Gasteiger partial charge in [-0.3, -0.25) is 4.79 Å². The summed E-state index contributed by atoms with van der Waals surface area (Å²) in [6.07, 6.45) is 2.87. The Morgan fingerprint density at radius 2 is 2.00 bits per heavy atom. The summed E-state index contributed by atoms with van der Waals surface area (Å²) < 4.78 is 0. The van der Waals surface area contributed by atoms with Crippen LogP contribution in [0.5, 0.6) is 0 Å². The zero-order valence-electron chi connectivity index (χ0n) is 12.6. The van der Waals surface area contributed by atoms with Crippen molar-refractivity contribution in [3.8, 4) is 0 Å². The van der Waals surface area contributed by atoms with Gasteiger partial charge in [-0.05, 0) is 43.1 Å². The van der Waals surface area contributed by atoms with Crippen LogP contribution in [0.3, 0.4) is 0 Å². The fraction of sp³-hybridized carbons (Fsp3) is 0.562. The molecule has 21 heavy (non-hydrogen) atoms. The molecule has 1 unspecified atom stereocenters. The molecule has 0 radical (unpaired) electrons. The molecule has 3 nitrogen and oxygen atoms in total. The second-order valence-electron chi connectivity index (χ2n) is 5.90. The predicted octanol–water partition coefficient (Wildman–Crippen LogP) is 3.73. The number of nitrogens with one attached hydrogen (secondary N) is 1. The summed E-state index contributed by atoms with van der Waals surface area (Å²) in [5, 5.41) is 4.53. The molecule has 0 bridgehead atoms. The highest BCUT2D eigenvalue weighted by Gasteiger charge is 2.41. The highest BCUT2D eigenvalue weighted by molar-refractivity contribution is 6.34. The fourth-order valence-corrected chi connectivity index (χ4v) is 3.75. The minimum atomic E-state index is -0.244. The first-order valence-corrected chi connectivity index (χ1v) is 8.14. The van der Waals surface area contributed by atoms with Crippen molar-refractivity contribution in [2.24, 2.45) is 5.41 Å². The molecule has 1 atom stereocenters.